The topological polar surface area (TPSA) is 75.7 Å². The number of nitrogens with zero attached hydrogens (tertiary/aromatic N) is 1. The molecule has 0 fully saturated rings. The molecule has 0 aliphatic carbocycles. The molecule has 0 radical (unpaired) electrons. The van der Waals surface area contributed by atoms with Crippen molar-refractivity contribution in [3.05, 3.63) is 90.0 Å². The van der Waals surface area contributed by atoms with Crippen LogP contribution in [0.5, 0.6) is 5.75 Å². The van der Waals surface area contributed by atoms with Gasteiger partial charge >= 0.3 is 0 Å². The van der Waals surface area contributed by atoms with Gasteiger partial charge < -0.3 is 10.1 Å². The van der Waals surface area contributed by atoms with Crippen LogP contribution in [0.15, 0.2) is 83.8 Å². The first-order chi connectivity index (χ1) is 16.2. The molecule has 3 rings (SSSR count). The molecule has 0 heterocycles. The first kappa shape index (κ1) is 25.3. The third kappa shape index (κ3) is 6.38. The molecule has 0 saturated carbocycles. The third-order valence-corrected chi connectivity index (χ3v) is 7.29. The van der Waals surface area contributed by atoms with Crippen LogP contribution >= 0.6 is 0 Å². The molecule has 0 unspecified atom stereocenters. The Kier molecular flexibility index (Phi) is 8.34. The molecular weight excluding hydrogens is 448 g/mol. The highest BCUT2D eigenvalue weighted by Gasteiger charge is 2.28. The third-order valence-electron chi connectivity index (χ3n) is 5.50. The van der Waals surface area contributed by atoms with Crippen LogP contribution in [0.25, 0.3) is 0 Å². The minimum atomic E-state index is -3.94. The lowest BCUT2D eigenvalue weighted by Crippen LogP contribution is -2.42. The van der Waals surface area contributed by atoms with Crippen molar-refractivity contribution in [3.8, 4) is 5.75 Å². The van der Waals surface area contributed by atoms with Crippen LogP contribution in [-0.2, 0) is 14.8 Å². The smallest absolute Gasteiger partial charge is 0.264 e. The molecule has 3 aromatic rings. The first-order valence-electron chi connectivity index (χ1n) is 11.3. The Morgan fingerprint density at radius 3 is 2.12 bits per heavy atom. The standard InChI is InChI=1S/C27H32N2O4S/c1-20(2)18-26(22-12-16-24(33-4)17-13-22)28-27(30)19-29(23-14-10-21(3)11-15-23)34(31,32)25-8-6-5-7-9-25/h5-17,20,26H,18-19H2,1-4H3,(H,28,30)/t26-/m1/s1. The van der Waals surface area contributed by atoms with E-state index in [9.17, 15) is 13.2 Å². The molecule has 7 heteroatoms. The second-order valence-electron chi connectivity index (χ2n) is 8.68. The van der Waals surface area contributed by atoms with E-state index in [0.717, 1.165) is 21.2 Å². The number of hydrogen-bond donors (Lipinski definition) is 1. The van der Waals surface area contributed by atoms with Gasteiger partial charge in [0.1, 0.15) is 12.3 Å². The van der Waals surface area contributed by atoms with E-state index in [0.29, 0.717) is 18.0 Å². The Bertz CT molecular complexity index is 1180. The summed E-state index contributed by atoms with van der Waals surface area (Å²) in [5.74, 6) is 0.688. The fourth-order valence-corrected chi connectivity index (χ4v) is 5.14. The molecule has 1 amide bonds. The largest absolute Gasteiger partial charge is 0.497 e. The molecule has 6 nitrogen and oxygen atoms in total. The Morgan fingerprint density at radius 1 is 0.941 bits per heavy atom. The molecule has 0 spiro atoms. The van der Waals surface area contributed by atoms with E-state index in [1.165, 1.54) is 12.1 Å². The second kappa shape index (κ2) is 11.2. The van der Waals surface area contributed by atoms with Gasteiger partial charge in [-0.3, -0.25) is 9.10 Å². The number of amides is 1. The van der Waals surface area contributed by atoms with Crippen molar-refractivity contribution in [2.75, 3.05) is 18.0 Å². The fraction of sp³-hybridized carbons (Fsp3) is 0.296. The predicted octanol–water partition coefficient (Wildman–Crippen LogP) is 5.10. The van der Waals surface area contributed by atoms with Crippen molar-refractivity contribution in [2.45, 2.75) is 38.1 Å². The van der Waals surface area contributed by atoms with Crippen molar-refractivity contribution in [2.24, 2.45) is 5.92 Å². The van der Waals surface area contributed by atoms with Crippen molar-refractivity contribution in [3.63, 3.8) is 0 Å². The quantitative estimate of drug-likeness (QED) is 0.438. The number of carbonyl (C=O) groups excluding carboxylic acids is 1. The summed E-state index contributed by atoms with van der Waals surface area (Å²) in [6, 6.07) is 22.6. The summed E-state index contributed by atoms with van der Waals surface area (Å²) in [5, 5.41) is 3.05. The van der Waals surface area contributed by atoms with Crippen LogP contribution in [0.1, 0.15) is 37.4 Å². The highest BCUT2D eigenvalue weighted by Crippen LogP contribution is 2.26. The maximum absolute atomic E-state index is 13.5. The minimum absolute atomic E-state index is 0.136. The Morgan fingerprint density at radius 2 is 1.56 bits per heavy atom. The van der Waals surface area contributed by atoms with Crippen LogP contribution < -0.4 is 14.4 Å². The summed E-state index contributed by atoms with van der Waals surface area (Å²) in [6.07, 6.45) is 0.716. The van der Waals surface area contributed by atoms with Gasteiger partial charge in [0.05, 0.1) is 23.7 Å². The summed E-state index contributed by atoms with van der Waals surface area (Å²) >= 11 is 0. The van der Waals surface area contributed by atoms with Gasteiger partial charge in [-0.15, -0.1) is 0 Å². The zero-order chi connectivity index (χ0) is 24.7. The normalized spacial score (nSPS) is 12.3. The zero-order valence-corrected chi connectivity index (χ0v) is 20.9. The van der Waals surface area contributed by atoms with Crippen LogP contribution in [0.3, 0.4) is 0 Å². The Hall–Kier alpha value is -3.32. The zero-order valence-electron chi connectivity index (χ0n) is 20.1. The number of sulfonamides is 1. The van der Waals surface area contributed by atoms with Crippen molar-refractivity contribution in [1.29, 1.82) is 0 Å². The van der Waals surface area contributed by atoms with Crippen LogP contribution in [0.2, 0.25) is 0 Å². The number of rotatable bonds is 10. The number of carbonyl (C=O) groups is 1. The minimum Gasteiger partial charge on any atom is -0.497 e. The summed E-state index contributed by atoms with van der Waals surface area (Å²) in [4.78, 5) is 13.4. The highest BCUT2D eigenvalue weighted by atomic mass is 32.2. The maximum atomic E-state index is 13.5. The van der Waals surface area contributed by atoms with Gasteiger partial charge in [0.15, 0.2) is 0 Å². The van der Waals surface area contributed by atoms with E-state index >= 15 is 0 Å². The van der Waals surface area contributed by atoms with E-state index in [2.05, 4.69) is 19.2 Å². The molecule has 34 heavy (non-hydrogen) atoms. The number of aryl methyl sites for hydroxylation is 1. The Labute approximate surface area is 202 Å². The van der Waals surface area contributed by atoms with E-state index in [-0.39, 0.29) is 23.4 Å². The van der Waals surface area contributed by atoms with E-state index in [1.54, 1.807) is 37.4 Å². The monoisotopic (exact) mass is 480 g/mol. The number of anilines is 1. The van der Waals surface area contributed by atoms with Gasteiger partial charge in [0.25, 0.3) is 10.0 Å². The van der Waals surface area contributed by atoms with Crippen molar-refractivity contribution < 1.29 is 17.9 Å². The SMILES string of the molecule is COc1ccc([C@@H](CC(C)C)NC(=O)CN(c2ccc(C)cc2)S(=O)(=O)c2ccccc2)cc1. The summed E-state index contributed by atoms with van der Waals surface area (Å²) in [7, 11) is -2.33. The molecule has 180 valence electrons. The average Bonchev–Trinajstić information content (AvgIpc) is 2.83. The predicted molar refractivity (Wildman–Crippen MR) is 135 cm³/mol. The van der Waals surface area contributed by atoms with Crippen LogP contribution in [0, 0.1) is 12.8 Å². The number of hydrogen-bond acceptors (Lipinski definition) is 4. The van der Waals surface area contributed by atoms with Gasteiger partial charge in [-0.2, -0.15) is 0 Å². The van der Waals surface area contributed by atoms with E-state index < -0.39 is 10.0 Å². The van der Waals surface area contributed by atoms with Crippen molar-refractivity contribution >= 4 is 21.6 Å². The number of methoxy groups -OCH3 is 1. The summed E-state index contributed by atoms with van der Waals surface area (Å²) in [5.41, 5.74) is 2.38. The molecule has 3 aromatic carbocycles. The molecule has 0 saturated heterocycles. The lowest BCUT2D eigenvalue weighted by atomic mass is 9.97. The van der Waals surface area contributed by atoms with Gasteiger partial charge in [-0.25, -0.2) is 8.42 Å². The van der Waals surface area contributed by atoms with E-state index in [4.69, 9.17) is 4.74 Å². The van der Waals surface area contributed by atoms with Crippen LogP contribution in [0.4, 0.5) is 5.69 Å². The summed E-state index contributed by atoms with van der Waals surface area (Å²) in [6.45, 7) is 5.77. The fourth-order valence-electron chi connectivity index (χ4n) is 3.70. The van der Waals surface area contributed by atoms with Gasteiger partial charge in [0, 0.05) is 0 Å². The molecule has 0 bridgehead atoms. The first-order valence-corrected chi connectivity index (χ1v) is 12.7. The van der Waals surface area contributed by atoms with Gasteiger partial charge in [-0.1, -0.05) is 61.9 Å². The number of benzene rings is 3. The molecule has 1 N–H and O–H groups in total. The lowest BCUT2D eigenvalue weighted by molar-refractivity contribution is -0.120. The van der Waals surface area contributed by atoms with Crippen LogP contribution in [-0.4, -0.2) is 28.0 Å². The second-order valence-corrected chi connectivity index (χ2v) is 10.5. The van der Waals surface area contributed by atoms with Crippen molar-refractivity contribution in [1.82, 2.24) is 5.32 Å². The molecule has 0 aromatic heterocycles. The number of ether oxygens (including phenoxy) is 1. The number of nitrogens with one attached hydrogen (secondary N) is 1. The molecule has 1 atom stereocenters. The highest BCUT2D eigenvalue weighted by molar-refractivity contribution is 7.92. The molecule has 0 aliphatic rings. The average molecular weight is 481 g/mol. The summed E-state index contributed by atoms with van der Waals surface area (Å²) < 4.78 is 33.4. The maximum Gasteiger partial charge on any atom is 0.264 e. The molecule has 0 aliphatic heterocycles. The lowest BCUT2D eigenvalue weighted by Gasteiger charge is -2.26. The van der Waals surface area contributed by atoms with Gasteiger partial charge in [0.2, 0.25) is 5.91 Å². The van der Waals surface area contributed by atoms with E-state index in [1.807, 2.05) is 43.3 Å². The van der Waals surface area contributed by atoms with Gasteiger partial charge in [-0.05, 0) is 61.2 Å². The Balaban J connectivity index is 1.89. The molecular formula is C27H32N2O4S.